The van der Waals surface area contributed by atoms with Crippen LogP contribution in [-0.2, 0) is 18.4 Å². The van der Waals surface area contributed by atoms with E-state index in [9.17, 15) is 14.9 Å². The van der Waals surface area contributed by atoms with E-state index in [2.05, 4.69) is 28.0 Å². The van der Waals surface area contributed by atoms with Gasteiger partial charge in [0.1, 0.15) is 27.5 Å². The number of aromatic nitrogens is 1. The van der Waals surface area contributed by atoms with Crippen molar-refractivity contribution in [1.29, 1.82) is 5.26 Å². The van der Waals surface area contributed by atoms with Crippen LogP contribution < -0.4 is 20.1 Å². The molecule has 3 aromatic rings. The highest BCUT2D eigenvalue weighted by Gasteiger charge is 2.33. The second-order valence-corrected chi connectivity index (χ2v) is 11.3. The normalized spacial score (nSPS) is 16.6. The van der Waals surface area contributed by atoms with Crippen molar-refractivity contribution in [2.45, 2.75) is 13.5 Å². The summed E-state index contributed by atoms with van der Waals surface area (Å²) in [6, 6.07) is 19.8. The molecule has 2 fully saturated rings. The summed E-state index contributed by atoms with van der Waals surface area (Å²) in [7, 11) is 3.30. The van der Waals surface area contributed by atoms with Crippen molar-refractivity contribution in [3.8, 4) is 11.8 Å². The van der Waals surface area contributed by atoms with E-state index in [1.807, 2.05) is 42.5 Å². The Morgan fingerprint density at radius 2 is 1.68 bits per heavy atom. The van der Waals surface area contributed by atoms with Crippen molar-refractivity contribution in [2.24, 2.45) is 7.05 Å². The zero-order valence-electron chi connectivity index (χ0n) is 22.6. The van der Waals surface area contributed by atoms with Crippen LogP contribution in [0.2, 0.25) is 0 Å². The third-order valence-electron chi connectivity index (χ3n) is 7.32. The molecule has 10 heteroatoms. The summed E-state index contributed by atoms with van der Waals surface area (Å²) in [5, 5.41) is 9.79. The molecule has 0 unspecified atom stereocenters. The molecular formula is C30H29N5O3S2. The van der Waals surface area contributed by atoms with Crippen LogP contribution in [0.3, 0.4) is 0 Å². The Labute approximate surface area is 243 Å². The molecule has 40 heavy (non-hydrogen) atoms. The molecule has 0 aliphatic carbocycles. The van der Waals surface area contributed by atoms with Gasteiger partial charge in [0.2, 0.25) is 0 Å². The number of rotatable bonds is 6. The number of carbonyl (C=O) groups excluding carboxylic acids is 1. The van der Waals surface area contributed by atoms with Gasteiger partial charge in [0.05, 0.1) is 18.6 Å². The van der Waals surface area contributed by atoms with E-state index in [1.54, 1.807) is 32.1 Å². The van der Waals surface area contributed by atoms with Gasteiger partial charge in [0.25, 0.3) is 11.5 Å². The summed E-state index contributed by atoms with van der Waals surface area (Å²) in [5.74, 6) is 1.25. The maximum Gasteiger partial charge on any atom is 0.270 e. The SMILES string of the molecule is COc1ccc(CN2C(=O)C(=Cc3c(C)c(C#N)c(=O)n(C)c3N3CCN(c4ccccc4)CC3)SC2=S)cc1. The Kier molecular flexibility index (Phi) is 7.96. The van der Waals surface area contributed by atoms with Gasteiger partial charge in [-0.1, -0.05) is 54.3 Å². The highest BCUT2D eigenvalue weighted by Crippen LogP contribution is 2.37. The molecule has 2 aromatic carbocycles. The number of amides is 1. The third kappa shape index (κ3) is 5.22. The van der Waals surface area contributed by atoms with E-state index in [0.29, 0.717) is 45.8 Å². The number of nitrogens with zero attached hydrogens (tertiary/aromatic N) is 5. The number of methoxy groups -OCH3 is 1. The number of thioether (sulfide) groups is 1. The number of hydrogen-bond acceptors (Lipinski definition) is 8. The molecule has 1 amide bonds. The highest BCUT2D eigenvalue weighted by molar-refractivity contribution is 8.26. The molecule has 2 aliphatic rings. The fourth-order valence-electron chi connectivity index (χ4n) is 5.09. The number of carbonyl (C=O) groups is 1. The first-order valence-corrected chi connectivity index (χ1v) is 14.1. The van der Waals surface area contributed by atoms with Crippen LogP contribution in [0.15, 0.2) is 64.3 Å². The predicted molar refractivity (Wildman–Crippen MR) is 164 cm³/mol. The lowest BCUT2D eigenvalue weighted by Crippen LogP contribution is -2.48. The van der Waals surface area contributed by atoms with Crippen molar-refractivity contribution < 1.29 is 9.53 Å². The Morgan fingerprint density at radius 3 is 2.30 bits per heavy atom. The first-order chi connectivity index (χ1) is 19.3. The fraction of sp³-hybridized carbons (Fsp3) is 0.267. The highest BCUT2D eigenvalue weighted by atomic mass is 32.2. The summed E-state index contributed by atoms with van der Waals surface area (Å²) >= 11 is 6.82. The van der Waals surface area contributed by atoms with Crippen molar-refractivity contribution in [3.05, 3.63) is 92.1 Å². The summed E-state index contributed by atoms with van der Waals surface area (Å²) in [4.78, 5) is 33.2. The van der Waals surface area contributed by atoms with Crippen molar-refractivity contribution in [1.82, 2.24) is 9.47 Å². The monoisotopic (exact) mass is 571 g/mol. The quantitative estimate of drug-likeness (QED) is 0.320. The molecule has 0 spiro atoms. The minimum absolute atomic E-state index is 0.0779. The number of nitriles is 1. The van der Waals surface area contributed by atoms with Gasteiger partial charge in [-0.05, 0) is 48.4 Å². The second kappa shape index (κ2) is 11.6. The Balaban J connectivity index is 1.47. The Bertz CT molecular complexity index is 1580. The zero-order valence-corrected chi connectivity index (χ0v) is 24.2. The lowest BCUT2D eigenvalue weighted by atomic mass is 10.0. The number of benzene rings is 2. The van der Waals surface area contributed by atoms with Gasteiger partial charge in [-0.2, -0.15) is 5.26 Å². The number of para-hydroxylation sites is 1. The van der Waals surface area contributed by atoms with E-state index >= 15 is 0 Å². The first kappa shape index (κ1) is 27.5. The molecule has 0 bridgehead atoms. The van der Waals surface area contributed by atoms with Crippen molar-refractivity contribution in [3.63, 3.8) is 0 Å². The topological polar surface area (TPSA) is 81.8 Å². The summed E-state index contributed by atoms with van der Waals surface area (Å²) in [6.07, 6.45) is 1.79. The van der Waals surface area contributed by atoms with Gasteiger partial charge in [0.15, 0.2) is 0 Å². The second-order valence-electron chi connectivity index (χ2n) is 9.64. The zero-order chi connectivity index (χ0) is 28.4. The molecule has 0 radical (unpaired) electrons. The Morgan fingerprint density at radius 1 is 1.02 bits per heavy atom. The molecule has 2 saturated heterocycles. The number of ether oxygens (including phenoxy) is 1. The lowest BCUT2D eigenvalue weighted by Gasteiger charge is -2.38. The summed E-state index contributed by atoms with van der Waals surface area (Å²) in [5.41, 5.74) is 3.08. The van der Waals surface area contributed by atoms with Gasteiger partial charge >= 0.3 is 0 Å². The van der Waals surface area contributed by atoms with Gasteiger partial charge in [-0.3, -0.25) is 19.1 Å². The van der Waals surface area contributed by atoms with E-state index in [1.165, 1.54) is 16.3 Å². The molecule has 1 aromatic heterocycles. The smallest absolute Gasteiger partial charge is 0.270 e. The minimum Gasteiger partial charge on any atom is -0.497 e. The van der Waals surface area contributed by atoms with E-state index in [4.69, 9.17) is 17.0 Å². The molecule has 8 nitrogen and oxygen atoms in total. The predicted octanol–water partition coefficient (Wildman–Crippen LogP) is 4.30. The summed E-state index contributed by atoms with van der Waals surface area (Å²) < 4.78 is 7.23. The van der Waals surface area contributed by atoms with Crippen LogP contribution in [0, 0.1) is 18.3 Å². The van der Waals surface area contributed by atoms with E-state index in [-0.39, 0.29) is 17.0 Å². The van der Waals surface area contributed by atoms with Crippen LogP contribution in [0.1, 0.15) is 22.3 Å². The van der Waals surface area contributed by atoms with Crippen LogP contribution in [0.4, 0.5) is 11.5 Å². The van der Waals surface area contributed by atoms with E-state index in [0.717, 1.165) is 30.1 Å². The molecule has 0 atom stereocenters. The maximum atomic E-state index is 13.5. The third-order valence-corrected chi connectivity index (χ3v) is 8.70. The minimum atomic E-state index is -0.343. The van der Waals surface area contributed by atoms with Crippen LogP contribution in [-0.4, -0.2) is 53.0 Å². The maximum absolute atomic E-state index is 13.5. The standard InChI is InChI=1S/C30H29N5O3S2/c1-20-24(17-26-29(37)35(30(39)40-26)19-21-9-11-23(38-3)12-10-21)27(32(2)28(36)25(20)18-31)34-15-13-33(14-16-34)22-7-5-4-6-8-22/h4-12,17H,13-16,19H2,1-3H3. The van der Waals surface area contributed by atoms with Crippen molar-refractivity contribution >= 4 is 51.8 Å². The number of piperazine rings is 1. The Hall–Kier alpha value is -4.07. The van der Waals surface area contributed by atoms with Crippen LogP contribution in [0.5, 0.6) is 5.75 Å². The first-order valence-electron chi connectivity index (χ1n) is 12.9. The molecule has 2 aliphatic heterocycles. The molecular weight excluding hydrogens is 542 g/mol. The van der Waals surface area contributed by atoms with Gasteiger partial charge in [-0.25, -0.2) is 0 Å². The molecule has 5 rings (SSSR count). The van der Waals surface area contributed by atoms with E-state index < -0.39 is 0 Å². The number of hydrogen-bond donors (Lipinski definition) is 0. The molecule has 3 heterocycles. The van der Waals surface area contributed by atoms with Crippen molar-refractivity contribution in [2.75, 3.05) is 43.1 Å². The summed E-state index contributed by atoms with van der Waals surface area (Å²) in [6.45, 7) is 5.05. The molecule has 0 N–H and O–H groups in total. The van der Waals surface area contributed by atoms with Crippen LogP contribution >= 0.6 is 24.0 Å². The largest absolute Gasteiger partial charge is 0.497 e. The molecule has 0 saturated carbocycles. The van der Waals surface area contributed by atoms with Crippen LogP contribution in [0.25, 0.3) is 6.08 Å². The van der Waals surface area contributed by atoms with Gasteiger partial charge in [-0.15, -0.1) is 0 Å². The number of pyridine rings is 1. The average molecular weight is 572 g/mol. The number of thiocarbonyl (C=S) groups is 1. The number of anilines is 2. The fourth-order valence-corrected chi connectivity index (χ4v) is 6.33. The average Bonchev–Trinajstić information content (AvgIpc) is 3.24. The lowest BCUT2D eigenvalue weighted by molar-refractivity contribution is -0.122. The van der Waals surface area contributed by atoms with Gasteiger partial charge < -0.3 is 14.5 Å². The van der Waals surface area contributed by atoms with Gasteiger partial charge in [0, 0.05) is 44.5 Å². The molecule has 204 valence electrons.